The zero-order chi connectivity index (χ0) is 18.6. The second-order valence-corrected chi connectivity index (χ2v) is 7.02. The highest BCUT2D eigenvalue weighted by atomic mass is 15.0. The molecule has 0 bridgehead atoms. The van der Waals surface area contributed by atoms with Gasteiger partial charge in [0, 0.05) is 17.3 Å². The van der Waals surface area contributed by atoms with Crippen LogP contribution >= 0.6 is 0 Å². The van der Waals surface area contributed by atoms with Crippen LogP contribution in [0.1, 0.15) is 26.3 Å². The van der Waals surface area contributed by atoms with Crippen LogP contribution in [0.5, 0.6) is 0 Å². The van der Waals surface area contributed by atoms with Gasteiger partial charge in [0.1, 0.15) is 0 Å². The summed E-state index contributed by atoms with van der Waals surface area (Å²) < 4.78 is 2.52. The van der Waals surface area contributed by atoms with Gasteiger partial charge in [0.05, 0.1) is 5.69 Å². The van der Waals surface area contributed by atoms with Crippen molar-refractivity contribution in [2.24, 2.45) is 0 Å². The Morgan fingerprint density at radius 3 is 1.67 bits per heavy atom. The van der Waals surface area contributed by atoms with Crippen molar-refractivity contribution in [1.29, 1.82) is 0 Å². The first-order chi connectivity index (χ1) is 13.3. The normalized spacial score (nSPS) is 12.1. The largest absolute Gasteiger partial charge is 0.337 e. The fraction of sp³-hybridized carbons (Fsp3) is 0.154. The molecule has 0 aliphatic rings. The summed E-state index contributed by atoms with van der Waals surface area (Å²) >= 11 is 0. The Kier molecular flexibility index (Phi) is 4.93. The Bertz CT molecular complexity index is 998. The number of nitrogens with zero attached hydrogens (tertiary/aromatic N) is 1. The predicted molar refractivity (Wildman–Crippen MR) is 116 cm³/mol. The van der Waals surface area contributed by atoms with Crippen molar-refractivity contribution in [3.05, 3.63) is 97.1 Å². The molecule has 0 aliphatic heterocycles. The molecule has 1 atom stereocenters. The molecule has 4 aromatic rings. The molecule has 3 aromatic carbocycles. The Morgan fingerprint density at radius 1 is 0.667 bits per heavy atom. The maximum Gasteiger partial charge on any atom is 0.0567 e. The molecule has 0 N–H and O–H groups in total. The minimum absolute atomic E-state index is 0.410. The lowest BCUT2D eigenvalue weighted by atomic mass is 10.0. The summed E-state index contributed by atoms with van der Waals surface area (Å²) in [6.45, 7) is 4.57. The lowest BCUT2D eigenvalue weighted by Crippen LogP contribution is -2.07. The molecule has 1 heteroatoms. The summed E-state index contributed by atoms with van der Waals surface area (Å²) in [5.74, 6) is 0. The minimum atomic E-state index is 0.410. The molecule has 134 valence electrons. The molecule has 4 rings (SSSR count). The van der Waals surface area contributed by atoms with E-state index in [0.717, 1.165) is 6.42 Å². The Balaban J connectivity index is 2.06. The second-order valence-electron chi connectivity index (χ2n) is 7.02. The topological polar surface area (TPSA) is 4.93 Å². The van der Waals surface area contributed by atoms with Crippen molar-refractivity contribution in [1.82, 2.24) is 4.57 Å². The predicted octanol–water partition coefficient (Wildman–Crippen LogP) is 7.46. The van der Waals surface area contributed by atoms with Crippen molar-refractivity contribution in [2.75, 3.05) is 0 Å². The van der Waals surface area contributed by atoms with Gasteiger partial charge in [0.15, 0.2) is 0 Å². The number of benzene rings is 3. The van der Waals surface area contributed by atoms with Crippen LogP contribution in [0.15, 0.2) is 97.1 Å². The third kappa shape index (κ3) is 3.33. The fourth-order valence-corrected chi connectivity index (χ4v) is 3.72. The molecule has 0 aliphatic carbocycles. The van der Waals surface area contributed by atoms with E-state index in [9.17, 15) is 0 Å². The highest BCUT2D eigenvalue weighted by Crippen LogP contribution is 2.41. The zero-order valence-electron chi connectivity index (χ0n) is 16.0. The molecule has 1 aromatic heterocycles. The zero-order valence-corrected chi connectivity index (χ0v) is 16.0. The maximum atomic E-state index is 2.52. The molecule has 1 nitrogen and oxygen atoms in total. The van der Waals surface area contributed by atoms with E-state index >= 15 is 0 Å². The lowest BCUT2D eigenvalue weighted by molar-refractivity contribution is 0.543. The Hall–Kier alpha value is -3.06. The molecular weight excluding hydrogens is 326 g/mol. The summed E-state index contributed by atoms with van der Waals surface area (Å²) in [6, 6.07) is 35.0. The SMILES string of the molecule is CC[C@@H](C)n1c(-c2ccccc2)cc(-c2ccccc2)c1-c1ccccc1. The van der Waals surface area contributed by atoms with Gasteiger partial charge in [-0.15, -0.1) is 0 Å². The van der Waals surface area contributed by atoms with E-state index in [1.807, 2.05) is 0 Å². The number of aromatic nitrogens is 1. The van der Waals surface area contributed by atoms with Crippen molar-refractivity contribution < 1.29 is 0 Å². The van der Waals surface area contributed by atoms with E-state index in [1.54, 1.807) is 0 Å². The van der Waals surface area contributed by atoms with Crippen LogP contribution in [0.4, 0.5) is 0 Å². The molecule has 0 fully saturated rings. The van der Waals surface area contributed by atoms with Gasteiger partial charge in [-0.1, -0.05) is 97.9 Å². The van der Waals surface area contributed by atoms with Gasteiger partial charge in [-0.25, -0.2) is 0 Å². The van der Waals surface area contributed by atoms with E-state index in [0.29, 0.717) is 6.04 Å². The third-order valence-corrected chi connectivity index (χ3v) is 5.27. The van der Waals surface area contributed by atoms with E-state index in [-0.39, 0.29) is 0 Å². The molecule has 0 unspecified atom stereocenters. The monoisotopic (exact) mass is 351 g/mol. The molecule has 0 radical (unpaired) electrons. The Labute approximate surface area is 161 Å². The Morgan fingerprint density at radius 2 is 1.15 bits per heavy atom. The van der Waals surface area contributed by atoms with Gasteiger partial charge in [0.2, 0.25) is 0 Å². The van der Waals surface area contributed by atoms with Crippen LogP contribution in [0.25, 0.3) is 33.6 Å². The number of hydrogen-bond donors (Lipinski definition) is 0. The average Bonchev–Trinajstić information content (AvgIpc) is 3.16. The van der Waals surface area contributed by atoms with E-state index in [1.165, 1.54) is 33.6 Å². The molecule has 1 heterocycles. The summed E-state index contributed by atoms with van der Waals surface area (Å²) in [5.41, 5.74) is 7.66. The molecule has 0 amide bonds. The van der Waals surface area contributed by atoms with Crippen molar-refractivity contribution in [3.63, 3.8) is 0 Å². The molecule has 0 saturated carbocycles. The van der Waals surface area contributed by atoms with Gasteiger partial charge < -0.3 is 4.57 Å². The molecular formula is C26H25N. The van der Waals surface area contributed by atoms with Gasteiger partial charge in [-0.2, -0.15) is 0 Å². The van der Waals surface area contributed by atoms with Crippen LogP contribution in [0, 0.1) is 0 Å². The highest BCUT2D eigenvalue weighted by molar-refractivity contribution is 5.87. The molecule has 0 saturated heterocycles. The second kappa shape index (κ2) is 7.67. The first-order valence-electron chi connectivity index (χ1n) is 9.71. The van der Waals surface area contributed by atoms with Gasteiger partial charge >= 0.3 is 0 Å². The van der Waals surface area contributed by atoms with Crippen molar-refractivity contribution >= 4 is 0 Å². The first-order valence-corrected chi connectivity index (χ1v) is 9.71. The summed E-state index contributed by atoms with van der Waals surface area (Å²) in [6.07, 6.45) is 1.09. The van der Waals surface area contributed by atoms with Gasteiger partial charge in [-0.3, -0.25) is 0 Å². The number of hydrogen-bond acceptors (Lipinski definition) is 0. The van der Waals surface area contributed by atoms with Gasteiger partial charge in [-0.05, 0) is 36.1 Å². The van der Waals surface area contributed by atoms with E-state index < -0.39 is 0 Å². The van der Waals surface area contributed by atoms with Crippen LogP contribution in [-0.4, -0.2) is 4.57 Å². The maximum absolute atomic E-state index is 2.52. The molecule has 0 spiro atoms. The van der Waals surface area contributed by atoms with E-state index in [2.05, 4.69) is 115 Å². The lowest BCUT2D eigenvalue weighted by Gasteiger charge is -2.21. The van der Waals surface area contributed by atoms with Crippen LogP contribution in [0.2, 0.25) is 0 Å². The quantitative estimate of drug-likeness (QED) is 0.351. The standard InChI is InChI=1S/C26H25N/c1-3-20(2)27-25(22-15-9-5-10-16-22)19-24(21-13-7-4-8-14-21)26(27)23-17-11-6-12-18-23/h4-20H,3H2,1-2H3/t20-/m1/s1. The van der Waals surface area contributed by atoms with Crippen LogP contribution in [0.3, 0.4) is 0 Å². The number of rotatable bonds is 5. The van der Waals surface area contributed by atoms with Crippen LogP contribution in [-0.2, 0) is 0 Å². The van der Waals surface area contributed by atoms with Crippen LogP contribution < -0.4 is 0 Å². The smallest absolute Gasteiger partial charge is 0.0567 e. The summed E-state index contributed by atoms with van der Waals surface area (Å²) in [4.78, 5) is 0. The highest BCUT2D eigenvalue weighted by Gasteiger charge is 2.21. The summed E-state index contributed by atoms with van der Waals surface area (Å²) in [5, 5.41) is 0. The van der Waals surface area contributed by atoms with E-state index in [4.69, 9.17) is 0 Å². The van der Waals surface area contributed by atoms with Crippen molar-refractivity contribution in [2.45, 2.75) is 26.3 Å². The third-order valence-electron chi connectivity index (χ3n) is 5.27. The molecule has 27 heavy (non-hydrogen) atoms. The van der Waals surface area contributed by atoms with Gasteiger partial charge in [0.25, 0.3) is 0 Å². The summed E-state index contributed by atoms with van der Waals surface area (Å²) in [7, 11) is 0. The first kappa shape index (κ1) is 17.4. The fourth-order valence-electron chi connectivity index (χ4n) is 3.72. The van der Waals surface area contributed by atoms with Crippen molar-refractivity contribution in [3.8, 4) is 33.6 Å². The average molecular weight is 351 g/mol. The minimum Gasteiger partial charge on any atom is -0.337 e.